The van der Waals surface area contributed by atoms with Crippen LogP contribution in [0, 0.1) is 11.7 Å². The topological polar surface area (TPSA) is 56.1 Å². The van der Waals surface area contributed by atoms with Crippen LogP contribution in [-0.2, 0) is 28.4 Å². The van der Waals surface area contributed by atoms with Crippen LogP contribution >= 0.6 is 11.8 Å². The van der Waals surface area contributed by atoms with Crippen molar-refractivity contribution >= 4 is 17.7 Å². The number of hydrogen-bond acceptors (Lipinski definition) is 4. The van der Waals surface area contributed by atoms with Crippen LogP contribution < -0.4 is 5.32 Å². The Morgan fingerprint density at radius 3 is 3.12 bits per heavy atom. The van der Waals surface area contributed by atoms with Gasteiger partial charge in [0.25, 0.3) is 0 Å². The fourth-order valence-electron chi connectivity index (χ4n) is 3.10. The Morgan fingerprint density at radius 2 is 2.36 bits per heavy atom. The summed E-state index contributed by atoms with van der Waals surface area (Å²) >= 11 is 1.63. The summed E-state index contributed by atoms with van der Waals surface area (Å²) in [5.41, 5.74) is 1.85. The van der Waals surface area contributed by atoms with E-state index in [0.717, 1.165) is 17.5 Å². The molecule has 134 valence electrons. The van der Waals surface area contributed by atoms with Crippen molar-refractivity contribution in [2.45, 2.75) is 31.4 Å². The second-order valence-corrected chi connectivity index (χ2v) is 7.00. The first kappa shape index (κ1) is 17.9. The number of hydrogen-bond donors (Lipinski definition) is 1. The van der Waals surface area contributed by atoms with Gasteiger partial charge in [-0.3, -0.25) is 9.48 Å². The Hall–Kier alpha value is -1.86. The predicted octanol–water partition coefficient (Wildman–Crippen LogP) is 2.61. The first-order chi connectivity index (χ1) is 12.2. The number of benzene rings is 1. The van der Waals surface area contributed by atoms with E-state index in [9.17, 15) is 9.18 Å². The van der Waals surface area contributed by atoms with E-state index in [4.69, 9.17) is 4.74 Å². The van der Waals surface area contributed by atoms with Crippen molar-refractivity contribution in [2.24, 2.45) is 5.92 Å². The molecular weight excluding hydrogens is 341 g/mol. The summed E-state index contributed by atoms with van der Waals surface area (Å²) < 4.78 is 20.9. The van der Waals surface area contributed by atoms with Crippen LogP contribution in [-0.4, -0.2) is 34.7 Å². The molecule has 0 unspecified atom stereocenters. The van der Waals surface area contributed by atoms with Crippen molar-refractivity contribution in [3.63, 3.8) is 0 Å². The fourth-order valence-corrected chi connectivity index (χ4v) is 3.68. The van der Waals surface area contributed by atoms with E-state index in [1.54, 1.807) is 24.0 Å². The summed E-state index contributed by atoms with van der Waals surface area (Å²) in [6, 6.07) is 6.56. The summed E-state index contributed by atoms with van der Waals surface area (Å²) in [5.74, 6) is 0.454. The number of nitrogens with zero attached hydrogens (tertiary/aromatic N) is 2. The molecule has 1 amide bonds. The maximum Gasteiger partial charge on any atom is 0.249 e. The molecule has 0 saturated carbocycles. The summed E-state index contributed by atoms with van der Waals surface area (Å²) in [6.07, 6.45) is 5.97. The van der Waals surface area contributed by atoms with Crippen molar-refractivity contribution in [1.29, 1.82) is 0 Å². The smallest absolute Gasteiger partial charge is 0.249 e. The lowest BCUT2D eigenvalue weighted by molar-refractivity contribution is -0.132. The van der Waals surface area contributed by atoms with Crippen molar-refractivity contribution in [2.75, 3.05) is 12.9 Å². The molecule has 1 N–H and O–H groups in total. The summed E-state index contributed by atoms with van der Waals surface area (Å²) in [7, 11) is 0. The largest absolute Gasteiger partial charge is 0.368 e. The van der Waals surface area contributed by atoms with Gasteiger partial charge < -0.3 is 10.1 Å². The van der Waals surface area contributed by atoms with Crippen molar-refractivity contribution < 1.29 is 13.9 Å². The minimum Gasteiger partial charge on any atom is -0.368 e. The van der Waals surface area contributed by atoms with Crippen LogP contribution in [0.5, 0.6) is 0 Å². The minimum absolute atomic E-state index is 0.110. The lowest BCUT2D eigenvalue weighted by Gasteiger charge is -2.19. The van der Waals surface area contributed by atoms with Crippen LogP contribution in [0.2, 0.25) is 0 Å². The van der Waals surface area contributed by atoms with Crippen LogP contribution in [0.4, 0.5) is 4.39 Å². The van der Waals surface area contributed by atoms with Gasteiger partial charge in [-0.25, -0.2) is 4.39 Å². The van der Waals surface area contributed by atoms with Gasteiger partial charge in [-0.1, -0.05) is 6.07 Å². The van der Waals surface area contributed by atoms with Gasteiger partial charge >= 0.3 is 0 Å². The summed E-state index contributed by atoms with van der Waals surface area (Å²) in [4.78, 5) is 12.5. The Morgan fingerprint density at radius 1 is 1.48 bits per heavy atom. The molecule has 1 fully saturated rings. The molecule has 2 heterocycles. The second kappa shape index (κ2) is 8.49. The Balaban J connectivity index is 1.60. The van der Waals surface area contributed by atoms with E-state index in [-0.39, 0.29) is 17.6 Å². The zero-order valence-electron chi connectivity index (χ0n) is 14.2. The highest BCUT2D eigenvalue weighted by atomic mass is 32.2. The van der Waals surface area contributed by atoms with Gasteiger partial charge in [0, 0.05) is 43.8 Å². The molecule has 5 nitrogen and oxygen atoms in total. The molecule has 1 aromatic heterocycles. The Bertz CT molecular complexity index is 708. The molecule has 2 aromatic rings. The normalized spacial score (nSPS) is 19.9. The van der Waals surface area contributed by atoms with Gasteiger partial charge in [-0.05, 0) is 42.0 Å². The van der Waals surface area contributed by atoms with E-state index in [1.807, 2.05) is 23.2 Å². The molecule has 0 spiro atoms. The highest BCUT2D eigenvalue weighted by molar-refractivity contribution is 7.97. The zero-order chi connectivity index (χ0) is 17.6. The highest BCUT2D eigenvalue weighted by Crippen LogP contribution is 2.23. The SMILES string of the molecule is CSCc1cc(F)ccc1CNC(=O)[C@@H]1OCC[C@@H]1Cn1cccn1. The molecule has 1 aromatic carbocycles. The maximum atomic E-state index is 13.4. The van der Waals surface area contributed by atoms with Gasteiger partial charge in [0.05, 0.1) is 0 Å². The Kier molecular flexibility index (Phi) is 6.09. The number of halogens is 1. The number of rotatable bonds is 7. The molecule has 25 heavy (non-hydrogen) atoms. The molecule has 0 bridgehead atoms. The van der Waals surface area contributed by atoms with E-state index < -0.39 is 6.10 Å². The average Bonchev–Trinajstić information content (AvgIpc) is 3.26. The molecule has 7 heteroatoms. The summed E-state index contributed by atoms with van der Waals surface area (Å²) in [5, 5.41) is 7.14. The molecule has 1 aliphatic heterocycles. The number of amides is 1. The van der Waals surface area contributed by atoms with Crippen LogP contribution in [0.3, 0.4) is 0 Å². The lowest BCUT2D eigenvalue weighted by atomic mass is 10.0. The molecule has 0 radical (unpaired) electrons. The highest BCUT2D eigenvalue weighted by Gasteiger charge is 2.34. The number of carbonyl (C=O) groups is 1. The second-order valence-electron chi connectivity index (χ2n) is 6.13. The zero-order valence-corrected chi connectivity index (χ0v) is 15.0. The van der Waals surface area contributed by atoms with E-state index >= 15 is 0 Å². The third kappa shape index (κ3) is 4.61. The lowest BCUT2D eigenvalue weighted by Crippen LogP contribution is -2.39. The quantitative estimate of drug-likeness (QED) is 0.822. The number of thioether (sulfide) groups is 1. The average molecular weight is 363 g/mol. The van der Waals surface area contributed by atoms with Gasteiger partial charge in [0.15, 0.2) is 0 Å². The molecule has 1 saturated heterocycles. The Labute approximate surface area is 150 Å². The standard InChI is InChI=1S/C18H22FN3O2S/c1-25-12-15-9-16(19)4-3-13(15)10-20-18(23)17-14(5-8-24-17)11-22-7-2-6-21-22/h2-4,6-7,9,14,17H,5,8,10-12H2,1H3,(H,20,23)/t14-,17-/m1/s1. The monoisotopic (exact) mass is 363 g/mol. The van der Waals surface area contributed by atoms with Crippen molar-refractivity contribution in [3.05, 3.63) is 53.6 Å². The maximum absolute atomic E-state index is 13.4. The van der Waals surface area contributed by atoms with E-state index in [0.29, 0.717) is 25.4 Å². The van der Waals surface area contributed by atoms with Gasteiger partial charge in [0.1, 0.15) is 11.9 Å². The van der Waals surface area contributed by atoms with E-state index in [1.165, 1.54) is 12.1 Å². The molecule has 0 aliphatic carbocycles. The van der Waals surface area contributed by atoms with E-state index in [2.05, 4.69) is 10.4 Å². The first-order valence-electron chi connectivity index (χ1n) is 8.30. The number of carbonyl (C=O) groups excluding carboxylic acids is 1. The predicted molar refractivity (Wildman–Crippen MR) is 95.5 cm³/mol. The first-order valence-corrected chi connectivity index (χ1v) is 9.69. The third-order valence-corrected chi connectivity index (χ3v) is 4.97. The van der Waals surface area contributed by atoms with Crippen LogP contribution in [0.25, 0.3) is 0 Å². The minimum atomic E-state index is -0.464. The molecular formula is C18H22FN3O2S. The van der Waals surface area contributed by atoms with Crippen LogP contribution in [0.15, 0.2) is 36.7 Å². The molecule has 1 aliphatic rings. The number of nitrogens with one attached hydrogen (secondary N) is 1. The third-order valence-electron chi connectivity index (χ3n) is 4.37. The van der Waals surface area contributed by atoms with Crippen LogP contribution in [0.1, 0.15) is 17.5 Å². The summed E-state index contributed by atoms with van der Waals surface area (Å²) in [6.45, 7) is 1.63. The molecule has 2 atom stereocenters. The number of ether oxygens (including phenoxy) is 1. The number of aromatic nitrogens is 2. The van der Waals surface area contributed by atoms with Crippen molar-refractivity contribution in [1.82, 2.24) is 15.1 Å². The van der Waals surface area contributed by atoms with Gasteiger partial charge in [-0.2, -0.15) is 16.9 Å². The molecule has 3 rings (SSSR count). The van der Waals surface area contributed by atoms with Gasteiger partial charge in [-0.15, -0.1) is 0 Å². The van der Waals surface area contributed by atoms with Crippen molar-refractivity contribution in [3.8, 4) is 0 Å². The fraction of sp³-hybridized carbons (Fsp3) is 0.444. The van der Waals surface area contributed by atoms with Gasteiger partial charge in [0.2, 0.25) is 5.91 Å².